The van der Waals surface area contributed by atoms with Crippen LogP contribution in [0.4, 0.5) is 5.69 Å². The van der Waals surface area contributed by atoms with Crippen LogP contribution in [0.15, 0.2) is 73.1 Å². The molecule has 4 aromatic rings. The van der Waals surface area contributed by atoms with E-state index >= 15 is 0 Å². The number of hydrogen-bond donors (Lipinski definition) is 1. The molecule has 0 saturated carbocycles. The van der Waals surface area contributed by atoms with Gasteiger partial charge in [-0.3, -0.25) is 19.1 Å². The zero-order valence-corrected chi connectivity index (χ0v) is 28.4. The maximum atomic E-state index is 13.4. The summed E-state index contributed by atoms with van der Waals surface area (Å²) < 4.78 is 17.1. The minimum absolute atomic E-state index is 0.0884. The van der Waals surface area contributed by atoms with Gasteiger partial charge in [0.15, 0.2) is 0 Å². The molecule has 49 heavy (non-hydrogen) atoms. The lowest BCUT2D eigenvalue weighted by molar-refractivity contribution is -0.149. The summed E-state index contributed by atoms with van der Waals surface area (Å²) in [5, 5.41) is 7.15. The second-order valence-electron chi connectivity index (χ2n) is 12.1. The van der Waals surface area contributed by atoms with Gasteiger partial charge in [0, 0.05) is 36.0 Å². The van der Waals surface area contributed by atoms with E-state index in [1.165, 1.54) is 19.8 Å². The predicted molar refractivity (Wildman–Crippen MR) is 184 cm³/mol. The molecule has 1 N–H and O–H groups in total. The van der Waals surface area contributed by atoms with E-state index in [1.807, 2.05) is 54.5 Å². The van der Waals surface area contributed by atoms with Crippen LogP contribution in [-0.2, 0) is 36.8 Å². The Morgan fingerprint density at radius 3 is 2.57 bits per heavy atom. The highest BCUT2D eigenvalue weighted by Crippen LogP contribution is 2.36. The summed E-state index contributed by atoms with van der Waals surface area (Å²) in [7, 11) is 2.39. The number of benzene rings is 3. The Balaban J connectivity index is 1.23. The molecule has 2 amide bonds. The number of rotatable bonds is 13. The molecule has 1 aliphatic rings. The van der Waals surface area contributed by atoms with Gasteiger partial charge in [0.05, 0.1) is 40.0 Å². The highest BCUT2D eigenvalue weighted by atomic mass is 16.5. The third kappa shape index (κ3) is 8.53. The van der Waals surface area contributed by atoms with Gasteiger partial charge in [-0.25, -0.2) is 4.79 Å². The van der Waals surface area contributed by atoms with E-state index < -0.39 is 23.9 Å². The molecule has 256 valence electrons. The van der Waals surface area contributed by atoms with Crippen molar-refractivity contribution in [1.29, 1.82) is 0 Å². The quantitative estimate of drug-likeness (QED) is 0.153. The number of amides is 2. The first-order valence-corrected chi connectivity index (χ1v) is 16.4. The van der Waals surface area contributed by atoms with Crippen LogP contribution in [-0.4, -0.2) is 66.9 Å². The molecule has 1 atom stereocenters. The molecule has 1 aliphatic heterocycles. The molecule has 3 aromatic carbocycles. The van der Waals surface area contributed by atoms with E-state index in [9.17, 15) is 19.2 Å². The number of anilines is 1. The first-order valence-electron chi connectivity index (χ1n) is 16.4. The van der Waals surface area contributed by atoms with Crippen LogP contribution >= 0.6 is 0 Å². The van der Waals surface area contributed by atoms with Crippen LogP contribution in [0.2, 0.25) is 0 Å². The second kappa shape index (κ2) is 16.1. The summed E-state index contributed by atoms with van der Waals surface area (Å²) in [5.74, 6) is -0.960. The molecule has 0 aliphatic carbocycles. The van der Waals surface area contributed by atoms with Crippen LogP contribution in [0.5, 0.6) is 5.75 Å². The van der Waals surface area contributed by atoms with Crippen molar-refractivity contribution in [2.75, 3.05) is 32.3 Å². The topological polar surface area (TPSA) is 129 Å². The summed E-state index contributed by atoms with van der Waals surface area (Å²) in [4.78, 5) is 52.1. The number of hydrogen-bond acceptors (Lipinski definition) is 8. The Morgan fingerprint density at radius 1 is 0.980 bits per heavy atom. The number of aryl methyl sites for hydroxylation is 1. The fourth-order valence-corrected chi connectivity index (χ4v) is 5.99. The monoisotopic (exact) mass is 666 g/mol. The predicted octanol–water partition coefficient (Wildman–Crippen LogP) is 5.19. The lowest BCUT2D eigenvalue weighted by atomic mass is 9.93. The average molecular weight is 667 g/mol. The number of carbonyl (C=O) groups is 4. The zero-order chi connectivity index (χ0) is 34.9. The Hall–Kier alpha value is -5.45. The van der Waals surface area contributed by atoms with Gasteiger partial charge in [0.25, 0.3) is 5.91 Å². The average Bonchev–Trinajstić information content (AvgIpc) is 3.58. The number of carbonyl (C=O) groups excluding carboxylic acids is 4. The van der Waals surface area contributed by atoms with Gasteiger partial charge in [-0.15, -0.1) is 0 Å². The molecular formula is C38H42N4O7. The minimum atomic E-state index is -1.17. The van der Waals surface area contributed by atoms with Crippen molar-refractivity contribution in [3.8, 4) is 16.9 Å². The Bertz CT molecular complexity index is 1830. The first kappa shape index (κ1) is 34.9. The molecule has 0 saturated heterocycles. The molecule has 0 fully saturated rings. The highest BCUT2D eigenvalue weighted by Gasteiger charge is 2.27. The summed E-state index contributed by atoms with van der Waals surface area (Å²) in [6.45, 7) is 5.66. The number of ether oxygens (including phenoxy) is 3. The minimum Gasteiger partial charge on any atom is -0.493 e. The van der Waals surface area contributed by atoms with Crippen LogP contribution < -0.4 is 15.0 Å². The summed E-state index contributed by atoms with van der Waals surface area (Å²) in [6, 6.07) is 17.8. The van der Waals surface area contributed by atoms with Gasteiger partial charge >= 0.3 is 11.9 Å². The van der Waals surface area contributed by atoms with Gasteiger partial charge in [0.1, 0.15) is 11.8 Å². The molecule has 0 bridgehead atoms. The normalized spacial score (nSPS) is 12.9. The Labute approximate surface area is 286 Å². The number of nitrogens with one attached hydrogen (secondary N) is 1. The fraction of sp³-hybridized carbons (Fsp3) is 0.342. The zero-order valence-electron chi connectivity index (χ0n) is 28.4. The number of methoxy groups -OCH3 is 2. The van der Waals surface area contributed by atoms with Crippen molar-refractivity contribution in [2.24, 2.45) is 0 Å². The van der Waals surface area contributed by atoms with Crippen molar-refractivity contribution in [1.82, 2.24) is 15.1 Å². The molecule has 0 unspecified atom stereocenters. The van der Waals surface area contributed by atoms with E-state index in [2.05, 4.69) is 34.2 Å². The van der Waals surface area contributed by atoms with Gasteiger partial charge < -0.3 is 24.4 Å². The SMILES string of the molecule is COC(=O)C[C@@H](NC(=O)c1cccc(Cn2cc(-c3cccc4c3CCCN4C(=O)CCCOc3cccc(C)c3C)cn2)c1)C(=O)OC. The van der Waals surface area contributed by atoms with E-state index in [1.54, 1.807) is 22.9 Å². The maximum absolute atomic E-state index is 13.4. The van der Waals surface area contributed by atoms with Gasteiger partial charge in [-0.1, -0.05) is 36.4 Å². The Morgan fingerprint density at radius 2 is 1.78 bits per heavy atom. The molecule has 11 nitrogen and oxygen atoms in total. The maximum Gasteiger partial charge on any atom is 0.328 e. The summed E-state index contributed by atoms with van der Waals surface area (Å²) >= 11 is 0. The van der Waals surface area contributed by atoms with Crippen molar-refractivity contribution in [2.45, 2.75) is 58.5 Å². The van der Waals surface area contributed by atoms with Gasteiger partial charge in [0.2, 0.25) is 5.91 Å². The summed E-state index contributed by atoms with van der Waals surface area (Å²) in [6.07, 6.45) is 6.18. The summed E-state index contributed by atoms with van der Waals surface area (Å²) in [5.41, 5.74) is 7.47. The highest BCUT2D eigenvalue weighted by molar-refractivity contribution is 5.98. The van der Waals surface area contributed by atoms with Crippen LogP contribution in [0.3, 0.4) is 0 Å². The third-order valence-electron chi connectivity index (χ3n) is 8.77. The van der Waals surface area contributed by atoms with Gasteiger partial charge in [-0.05, 0) is 85.2 Å². The molecule has 11 heteroatoms. The standard InChI is InChI=1S/C38H42N4O7/c1-25-10-5-16-34(26(25)2)49-19-9-17-35(43)42-18-8-14-31-30(13-7-15-33(31)42)29-22-39-41(24-29)23-27-11-6-12-28(20-27)37(45)40-32(38(46)48-4)21-36(44)47-3/h5-7,10-13,15-16,20,22,24,32H,8-9,14,17-19,21,23H2,1-4H3,(H,40,45)/t32-/m1/s1. The smallest absolute Gasteiger partial charge is 0.328 e. The van der Waals surface area contributed by atoms with E-state index in [0.29, 0.717) is 38.1 Å². The molecule has 5 rings (SSSR count). The molecule has 0 spiro atoms. The largest absolute Gasteiger partial charge is 0.493 e. The van der Waals surface area contributed by atoms with E-state index in [4.69, 9.17) is 9.47 Å². The fourth-order valence-electron chi connectivity index (χ4n) is 5.99. The molecule has 2 heterocycles. The number of fused-ring (bicyclic) bond motifs is 1. The lowest BCUT2D eigenvalue weighted by Gasteiger charge is -2.31. The van der Waals surface area contributed by atoms with Crippen molar-refractivity contribution in [3.05, 3.63) is 101 Å². The number of esters is 2. The van der Waals surface area contributed by atoms with E-state index in [-0.39, 0.29) is 12.3 Å². The number of nitrogens with zero attached hydrogens (tertiary/aromatic N) is 3. The second-order valence-corrected chi connectivity index (χ2v) is 12.1. The van der Waals surface area contributed by atoms with Crippen molar-refractivity contribution < 1.29 is 33.4 Å². The van der Waals surface area contributed by atoms with Crippen LogP contribution in [0, 0.1) is 13.8 Å². The Kier molecular flexibility index (Phi) is 11.5. The molecule has 0 radical (unpaired) electrons. The van der Waals surface area contributed by atoms with Crippen molar-refractivity contribution >= 4 is 29.4 Å². The first-order chi connectivity index (χ1) is 23.7. The van der Waals surface area contributed by atoms with Crippen LogP contribution in [0.25, 0.3) is 11.1 Å². The third-order valence-corrected chi connectivity index (χ3v) is 8.77. The van der Waals surface area contributed by atoms with Crippen LogP contribution in [0.1, 0.15) is 58.3 Å². The molecule has 1 aromatic heterocycles. The lowest BCUT2D eigenvalue weighted by Crippen LogP contribution is -2.43. The molecular weight excluding hydrogens is 624 g/mol. The van der Waals surface area contributed by atoms with E-state index in [0.717, 1.165) is 52.1 Å². The number of aromatic nitrogens is 2. The van der Waals surface area contributed by atoms with Gasteiger partial charge in [-0.2, -0.15) is 5.10 Å². The van der Waals surface area contributed by atoms with Crippen molar-refractivity contribution in [3.63, 3.8) is 0 Å².